The minimum absolute atomic E-state index is 0. The molecule has 6 nitrogen and oxygen atoms in total. The first kappa shape index (κ1) is 22.6. The van der Waals surface area contributed by atoms with Crippen molar-refractivity contribution in [3.8, 4) is 0 Å². The molecule has 2 aromatic rings. The largest absolute Gasteiger partial charge is 0.348 e. The van der Waals surface area contributed by atoms with Crippen LogP contribution < -0.4 is 11.1 Å². The number of hydrogen-bond acceptors (Lipinski definition) is 4. The summed E-state index contributed by atoms with van der Waals surface area (Å²) in [6, 6.07) is 13.7. The average molecular weight is 416 g/mol. The van der Waals surface area contributed by atoms with E-state index in [4.69, 9.17) is 5.73 Å². The van der Waals surface area contributed by atoms with Gasteiger partial charge in [0.25, 0.3) is 17.7 Å². The quantitative estimate of drug-likeness (QED) is 0.680. The summed E-state index contributed by atoms with van der Waals surface area (Å²) >= 11 is 0. The third kappa shape index (κ3) is 5.02. The van der Waals surface area contributed by atoms with Gasteiger partial charge in [-0.2, -0.15) is 0 Å². The van der Waals surface area contributed by atoms with Crippen molar-refractivity contribution in [1.29, 1.82) is 0 Å². The van der Waals surface area contributed by atoms with Crippen LogP contribution in [-0.2, 0) is 6.54 Å². The fraction of sp³-hybridized carbons (Fsp3) is 0.318. The van der Waals surface area contributed by atoms with E-state index < -0.39 is 0 Å². The molecule has 0 saturated carbocycles. The van der Waals surface area contributed by atoms with Gasteiger partial charge in [-0.25, -0.2) is 0 Å². The summed E-state index contributed by atoms with van der Waals surface area (Å²) in [5.41, 5.74) is 7.80. The summed E-state index contributed by atoms with van der Waals surface area (Å²) in [7, 11) is 0. The molecule has 1 unspecified atom stereocenters. The number of fused-ring (bicyclic) bond motifs is 1. The van der Waals surface area contributed by atoms with E-state index in [1.54, 1.807) is 48.5 Å². The Bertz CT molecular complexity index is 879. The first-order chi connectivity index (χ1) is 13.4. The highest BCUT2D eigenvalue weighted by Crippen LogP contribution is 2.24. The third-order valence-electron chi connectivity index (χ3n) is 4.78. The maximum absolute atomic E-state index is 12.6. The van der Waals surface area contributed by atoms with Gasteiger partial charge in [-0.1, -0.05) is 38.1 Å². The van der Waals surface area contributed by atoms with Crippen molar-refractivity contribution in [1.82, 2.24) is 10.2 Å². The predicted molar refractivity (Wildman–Crippen MR) is 114 cm³/mol. The van der Waals surface area contributed by atoms with Gasteiger partial charge >= 0.3 is 0 Å². The average Bonchev–Trinajstić information content (AvgIpc) is 2.92. The summed E-state index contributed by atoms with van der Waals surface area (Å²) in [4.78, 5) is 38.8. The normalized spacial score (nSPS) is 13.9. The van der Waals surface area contributed by atoms with Gasteiger partial charge in [-0.05, 0) is 42.2 Å². The lowest BCUT2D eigenvalue weighted by Gasteiger charge is -2.19. The second-order valence-corrected chi connectivity index (χ2v) is 7.48. The highest BCUT2D eigenvalue weighted by Gasteiger charge is 2.35. The molecule has 0 bridgehead atoms. The van der Waals surface area contributed by atoms with Crippen LogP contribution >= 0.6 is 12.4 Å². The molecule has 1 atom stereocenters. The molecular weight excluding hydrogens is 390 g/mol. The zero-order valence-corrected chi connectivity index (χ0v) is 17.4. The zero-order chi connectivity index (χ0) is 20.3. The molecule has 1 aliphatic rings. The fourth-order valence-electron chi connectivity index (χ4n) is 3.43. The van der Waals surface area contributed by atoms with E-state index in [2.05, 4.69) is 19.2 Å². The smallest absolute Gasteiger partial charge is 0.261 e. The van der Waals surface area contributed by atoms with Crippen LogP contribution in [0.5, 0.6) is 0 Å². The summed E-state index contributed by atoms with van der Waals surface area (Å²) < 4.78 is 0. The number of hydrogen-bond donors (Lipinski definition) is 2. The second kappa shape index (κ2) is 9.67. The van der Waals surface area contributed by atoms with Gasteiger partial charge in [0.05, 0.1) is 17.7 Å². The Labute approximate surface area is 176 Å². The molecule has 2 aromatic carbocycles. The van der Waals surface area contributed by atoms with Gasteiger partial charge in [0, 0.05) is 18.2 Å². The van der Waals surface area contributed by atoms with Crippen molar-refractivity contribution in [2.24, 2.45) is 11.7 Å². The summed E-state index contributed by atoms with van der Waals surface area (Å²) in [5, 5.41) is 2.96. The Morgan fingerprint density at radius 1 is 1.03 bits per heavy atom. The molecule has 3 rings (SSSR count). The first-order valence-corrected chi connectivity index (χ1v) is 9.45. The maximum atomic E-state index is 12.6. The van der Waals surface area contributed by atoms with Crippen LogP contribution in [0.4, 0.5) is 0 Å². The standard InChI is InChI=1S/C22H25N3O3.ClH/c1-14(2)10-17(12-23)24-20(26)16-7-5-6-15(11-16)13-25-21(27)18-8-3-4-9-19(18)22(25)28;/h3-9,11,14,17H,10,12-13,23H2,1-2H3,(H,24,26);1H. The van der Waals surface area contributed by atoms with Gasteiger partial charge in [0.1, 0.15) is 0 Å². The monoisotopic (exact) mass is 415 g/mol. The van der Waals surface area contributed by atoms with Crippen LogP contribution in [0, 0.1) is 5.92 Å². The zero-order valence-electron chi connectivity index (χ0n) is 16.6. The predicted octanol–water partition coefficient (Wildman–Crippen LogP) is 3.01. The number of nitrogens with zero attached hydrogens (tertiary/aromatic N) is 1. The van der Waals surface area contributed by atoms with Gasteiger partial charge in [0.15, 0.2) is 0 Å². The number of nitrogens with two attached hydrogens (primary N) is 1. The highest BCUT2D eigenvalue weighted by atomic mass is 35.5. The molecule has 1 aliphatic heterocycles. The maximum Gasteiger partial charge on any atom is 0.261 e. The Morgan fingerprint density at radius 2 is 1.66 bits per heavy atom. The molecule has 3 amide bonds. The Balaban J connectivity index is 0.00000300. The van der Waals surface area contributed by atoms with Crippen LogP contribution in [0.2, 0.25) is 0 Å². The molecule has 0 spiro atoms. The summed E-state index contributed by atoms with van der Waals surface area (Å²) in [6.45, 7) is 4.66. The van der Waals surface area contributed by atoms with E-state index in [1.165, 1.54) is 4.90 Å². The molecule has 29 heavy (non-hydrogen) atoms. The van der Waals surface area contributed by atoms with Crippen molar-refractivity contribution in [2.75, 3.05) is 6.54 Å². The van der Waals surface area contributed by atoms with Crippen LogP contribution in [0.15, 0.2) is 48.5 Å². The summed E-state index contributed by atoms with van der Waals surface area (Å²) in [6.07, 6.45) is 0.803. The van der Waals surface area contributed by atoms with Gasteiger partial charge in [0.2, 0.25) is 0 Å². The number of carbonyl (C=O) groups excluding carboxylic acids is 3. The van der Waals surface area contributed by atoms with Crippen LogP contribution in [0.1, 0.15) is 56.9 Å². The van der Waals surface area contributed by atoms with Crippen LogP contribution in [0.25, 0.3) is 0 Å². The Morgan fingerprint density at radius 3 is 2.21 bits per heavy atom. The molecule has 1 heterocycles. The topological polar surface area (TPSA) is 92.5 Å². The molecule has 0 radical (unpaired) electrons. The number of imide groups is 1. The van der Waals surface area contributed by atoms with E-state index in [9.17, 15) is 14.4 Å². The summed E-state index contributed by atoms with van der Waals surface area (Å²) in [5.74, 6) is -0.402. The number of benzene rings is 2. The van der Waals surface area contributed by atoms with Crippen LogP contribution in [-0.4, -0.2) is 35.2 Å². The first-order valence-electron chi connectivity index (χ1n) is 9.45. The molecule has 0 saturated heterocycles. The third-order valence-corrected chi connectivity index (χ3v) is 4.78. The number of amides is 3. The molecule has 0 aromatic heterocycles. The highest BCUT2D eigenvalue weighted by molar-refractivity contribution is 6.21. The van der Waals surface area contributed by atoms with Crippen LogP contribution in [0.3, 0.4) is 0 Å². The van der Waals surface area contributed by atoms with Crippen molar-refractivity contribution >= 4 is 30.1 Å². The SMILES string of the molecule is CC(C)CC(CN)NC(=O)c1cccc(CN2C(=O)c3ccccc3C2=O)c1.Cl. The van der Waals surface area contributed by atoms with E-state index >= 15 is 0 Å². The lowest BCUT2D eigenvalue weighted by Crippen LogP contribution is -2.41. The Hall–Kier alpha value is -2.70. The lowest BCUT2D eigenvalue weighted by atomic mass is 10.0. The number of carbonyl (C=O) groups is 3. The van der Waals surface area contributed by atoms with E-state index in [0.29, 0.717) is 29.2 Å². The van der Waals surface area contributed by atoms with Crippen molar-refractivity contribution < 1.29 is 14.4 Å². The molecule has 154 valence electrons. The van der Waals surface area contributed by atoms with E-state index in [-0.39, 0.29) is 42.7 Å². The van der Waals surface area contributed by atoms with Crippen molar-refractivity contribution in [3.63, 3.8) is 0 Å². The second-order valence-electron chi connectivity index (χ2n) is 7.48. The fourth-order valence-corrected chi connectivity index (χ4v) is 3.43. The molecular formula is C22H26ClN3O3. The number of nitrogens with one attached hydrogen (secondary N) is 1. The lowest BCUT2D eigenvalue weighted by molar-refractivity contribution is 0.0642. The van der Waals surface area contributed by atoms with Gasteiger partial charge in [-0.3, -0.25) is 19.3 Å². The number of rotatable bonds is 7. The number of halogens is 1. The van der Waals surface area contributed by atoms with E-state index in [1.807, 2.05) is 0 Å². The molecule has 3 N–H and O–H groups in total. The van der Waals surface area contributed by atoms with Crippen molar-refractivity contribution in [2.45, 2.75) is 32.9 Å². The molecule has 0 aliphatic carbocycles. The minimum atomic E-state index is -0.310. The Kier molecular flexibility index (Phi) is 7.53. The van der Waals surface area contributed by atoms with E-state index in [0.717, 1.165) is 12.0 Å². The minimum Gasteiger partial charge on any atom is -0.348 e. The molecule has 7 heteroatoms. The van der Waals surface area contributed by atoms with Gasteiger partial charge < -0.3 is 11.1 Å². The van der Waals surface area contributed by atoms with Crippen molar-refractivity contribution in [3.05, 3.63) is 70.8 Å². The van der Waals surface area contributed by atoms with Gasteiger partial charge in [-0.15, -0.1) is 12.4 Å². The molecule has 0 fully saturated rings.